The summed E-state index contributed by atoms with van der Waals surface area (Å²) in [6, 6.07) is 7.29. The van der Waals surface area contributed by atoms with E-state index in [0.29, 0.717) is 34.2 Å². The Morgan fingerprint density at radius 1 is 1.28 bits per heavy atom. The van der Waals surface area contributed by atoms with Crippen LogP contribution in [0.2, 0.25) is 0 Å². The number of sulfone groups is 1. The second-order valence-electron chi connectivity index (χ2n) is 6.34. The first-order valence-electron chi connectivity index (χ1n) is 8.65. The Hall–Kier alpha value is -2.85. The zero-order valence-electron chi connectivity index (χ0n) is 15.8. The number of carbonyl (C=O) groups is 1. The van der Waals surface area contributed by atoms with Crippen LogP contribution in [0, 0.1) is 12.7 Å². The number of hydrogen-bond acceptors (Lipinski definition) is 6. The van der Waals surface area contributed by atoms with Crippen molar-refractivity contribution in [1.82, 2.24) is 15.3 Å². The highest BCUT2D eigenvalue weighted by Crippen LogP contribution is 2.34. The summed E-state index contributed by atoms with van der Waals surface area (Å²) in [5.41, 5.74) is 2.11. The molecule has 2 aromatic heterocycles. The van der Waals surface area contributed by atoms with Crippen molar-refractivity contribution in [2.24, 2.45) is 0 Å². The summed E-state index contributed by atoms with van der Waals surface area (Å²) in [4.78, 5) is 20.7. The summed E-state index contributed by atoms with van der Waals surface area (Å²) >= 11 is 1.18. The van der Waals surface area contributed by atoms with Crippen LogP contribution < -0.4 is 10.6 Å². The average Bonchev–Trinajstić information content (AvgIpc) is 3.01. The van der Waals surface area contributed by atoms with E-state index in [-0.39, 0.29) is 4.90 Å². The molecule has 0 atom stereocenters. The van der Waals surface area contributed by atoms with E-state index in [0.717, 1.165) is 17.9 Å². The molecule has 3 aromatic rings. The Morgan fingerprint density at radius 2 is 2.07 bits per heavy atom. The molecule has 0 unspecified atom stereocenters. The Bertz CT molecular complexity index is 1130. The second-order valence-corrected chi connectivity index (χ2v) is 9.33. The van der Waals surface area contributed by atoms with Gasteiger partial charge in [0.1, 0.15) is 10.7 Å². The monoisotopic (exact) mass is 434 g/mol. The number of thiazole rings is 1. The van der Waals surface area contributed by atoms with Crippen LogP contribution in [0.15, 0.2) is 47.6 Å². The third kappa shape index (κ3) is 5.36. The van der Waals surface area contributed by atoms with E-state index in [4.69, 9.17) is 0 Å². The van der Waals surface area contributed by atoms with Gasteiger partial charge in [-0.1, -0.05) is 23.5 Å². The van der Waals surface area contributed by atoms with Crippen LogP contribution in [-0.4, -0.2) is 37.2 Å². The number of aromatic nitrogens is 2. The van der Waals surface area contributed by atoms with Crippen molar-refractivity contribution in [1.29, 1.82) is 0 Å². The number of hydrogen-bond donors (Lipinski definition) is 2. The number of amides is 2. The summed E-state index contributed by atoms with van der Waals surface area (Å²) < 4.78 is 37.3. The predicted octanol–water partition coefficient (Wildman–Crippen LogP) is 3.42. The summed E-state index contributed by atoms with van der Waals surface area (Å²) in [6.07, 6.45) is 5.03. The fourth-order valence-corrected chi connectivity index (χ4v) is 4.35. The van der Waals surface area contributed by atoms with Crippen molar-refractivity contribution in [3.63, 3.8) is 0 Å². The number of aryl methyl sites for hydroxylation is 1. The van der Waals surface area contributed by atoms with Crippen molar-refractivity contribution in [3.05, 3.63) is 59.8 Å². The minimum absolute atomic E-state index is 0.352. The van der Waals surface area contributed by atoms with Crippen LogP contribution in [-0.2, 0) is 16.3 Å². The fraction of sp³-hybridized carbons (Fsp3) is 0.211. The largest absolute Gasteiger partial charge is 0.337 e. The SMILES string of the molecule is Cc1nc(NC(=O)NCCc2cccnc2)sc1-c1ccc(S(C)(=O)=O)c(F)c1. The maximum Gasteiger partial charge on any atom is 0.321 e. The van der Waals surface area contributed by atoms with E-state index in [1.807, 2.05) is 12.1 Å². The van der Waals surface area contributed by atoms with Crippen molar-refractivity contribution in [2.75, 3.05) is 18.1 Å². The van der Waals surface area contributed by atoms with Crippen molar-refractivity contribution >= 4 is 32.3 Å². The molecular weight excluding hydrogens is 415 g/mol. The van der Waals surface area contributed by atoms with Gasteiger partial charge in [-0.15, -0.1) is 0 Å². The quantitative estimate of drug-likeness (QED) is 0.619. The summed E-state index contributed by atoms with van der Waals surface area (Å²) in [7, 11) is -3.64. The molecule has 0 aliphatic carbocycles. The van der Waals surface area contributed by atoms with Crippen LogP contribution in [0.4, 0.5) is 14.3 Å². The molecule has 1 aromatic carbocycles. The molecular formula is C19H19FN4O3S2. The lowest BCUT2D eigenvalue weighted by Gasteiger charge is -2.05. The fourth-order valence-electron chi connectivity index (χ4n) is 2.67. The van der Waals surface area contributed by atoms with E-state index in [1.165, 1.54) is 23.5 Å². The Morgan fingerprint density at radius 3 is 2.72 bits per heavy atom. The molecule has 0 aliphatic heterocycles. The van der Waals surface area contributed by atoms with E-state index in [1.54, 1.807) is 19.3 Å². The van der Waals surface area contributed by atoms with Gasteiger partial charge in [0.25, 0.3) is 0 Å². The van der Waals surface area contributed by atoms with Gasteiger partial charge in [-0.3, -0.25) is 10.3 Å². The van der Waals surface area contributed by atoms with Gasteiger partial charge in [-0.05, 0) is 42.7 Å². The third-order valence-electron chi connectivity index (χ3n) is 4.03. The van der Waals surface area contributed by atoms with E-state index >= 15 is 0 Å². The molecule has 7 nitrogen and oxygen atoms in total. The van der Waals surface area contributed by atoms with Crippen LogP contribution in [0.3, 0.4) is 0 Å². The number of anilines is 1. The van der Waals surface area contributed by atoms with Gasteiger partial charge in [-0.25, -0.2) is 22.6 Å². The van der Waals surface area contributed by atoms with Gasteiger partial charge in [0.2, 0.25) is 0 Å². The van der Waals surface area contributed by atoms with Crippen LogP contribution >= 0.6 is 11.3 Å². The molecule has 0 aliphatic rings. The van der Waals surface area contributed by atoms with E-state index < -0.39 is 21.7 Å². The molecule has 0 saturated heterocycles. The molecule has 10 heteroatoms. The zero-order chi connectivity index (χ0) is 21.0. The molecule has 0 spiro atoms. The smallest absolute Gasteiger partial charge is 0.321 e. The number of rotatable bonds is 6. The molecule has 2 amide bonds. The number of halogens is 1. The van der Waals surface area contributed by atoms with Gasteiger partial charge >= 0.3 is 6.03 Å². The van der Waals surface area contributed by atoms with Gasteiger partial charge in [0, 0.05) is 25.2 Å². The highest BCUT2D eigenvalue weighted by molar-refractivity contribution is 7.90. The molecule has 0 radical (unpaired) electrons. The van der Waals surface area contributed by atoms with Crippen molar-refractivity contribution < 1.29 is 17.6 Å². The predicted molar refractivity (Wildman–Crippen MR) is 110 cm³/mol. The summed E-state index contributed by atoms with van der Waals surface area (Å²) in [5.74, 6) is -0.819. The first-order chi connectivity index (χ1) is 13.7. The standard InChI is InChI=1S/C19H19FN4O3S2/c1-12-17(14-5-6-16(15(20)10-14)29(2,26)27)28-19(23-12)24-18(25)22-9-7-13-4-3-8-21-11-13/h3-6,8,10-11H,7,9H2,1-2H3,(H2,22,23,24,25). The van der Waals surface area contributed by atoms with Gasteiger partial charge in [0.15, 0.2) is 15.0 Å². The maximum absolute atomic E-state index is 14.2. The lowest BCUT2D eigenvalue weighted by molar-refractivity contribution is 0.252. The third-order valence-corrected chi connectivity index (χ3v) is 6.28. The maximum atomic E-state index is 14.2. The lowest BCUT2D eigenvalue weighted by Crippen LogP contribution is -2.30. The molecule has 0 bridgehead atoms. The lowest BCUT2D eigenvalue weighted by atomic mass is 10.1. The number of carbonyl (C=O) groups excluding carboxylic acids is 1. The summed E-state index contributed by atoms with van der Waals surface area (Å²) in [6.45, 7) is 2.17. The first kappa shape index (κ1) is 20.9. The van der Waals surface area contributed by atoms with Gasteiger partial charge in [0.05, 0.1) is 10.6 Å². The molecule has 2 heterocycles. The number of pyridine rings is 1. The van der Waals surface area contributed by atoms with Gasteiger partial charge in [-0.2, -0.15) is 0 Å². The molecule has 0 fully saturated rings. The van der Waals surface area contributed by atoms with E-state index in [2.05, 4.69) is 20.6 Å². The van der Waals surface area contributed by atoms with Crippen molar-refractivity contribution in [2.45, 2.75) is 18.2 Å². The Balaban J connectivity index is 1.65. The summed E-state index contributed by atoms with van der Waals surface area (Å²) in [5, 5.41) is 5.77. The zero-order valence-corrected chi connectivity index (χ0v) is 17.4. The number of urea groups is 1. The van der Waals surface area contributed by atoms with Gasteiger partial charge < -0.3 is 5.32 Å². The minimum Gasteiger partial charge on any atom is -0.337 e. The highest BCUT2D eigenvalue weighted by atomic mass is 32.2. The molecule has 3 rings (SSSR count). The van der Waals surface area contributed by atoms with Crippen LogP contribution in [0.1, 0.15) is 11.3 Å². The normalized spacial score (nSPS) is 11.3. The Kier molecular flexibility index (Phi) is 6.23. The average molecular weight is 435 g/mol. The van der Waals surface area contributed by atoms with Crippen LogP contribution in [0.25, 0.3) is 10.4 Å². The molecule has 2 N–H and O–H groups in total. The number of benzene rings is 1. The highest BCUT2D eigenvalue weighted by Gasteiger charge is 2.17. The second kappa shape index (κ2) is 8.66. The number of nitrogens with zero attached hydrogens (tertiary/aromatic N) is 2. The molecule has 29 heavy (non-hydrogen) atoms. The molecule has 0 saturated carbocycles. The number of nitrogens with one attached hydrogen (secondary N) is 2. The van der Waals surface area contributed by atoms with E-state index in [9.17, 15) is 17.6 Å². The Labute approximate surface area is 172 Å². The topological polar surface area (TPSA) is 101 Å². The minimum atomic E-state index is -3.64. The van der Waals surface area contributed by atoms with Crippen molar-refractivity contribution in [3.8, 4) is 10.4 Å². The molecule has 152 valence electrons. The first-order valence-corrected chi connectivity index (χ1v) is 11.4. The van der Waals surface area contributed by atoms with Crippen LogP contribution in [0.5, 0.6) is 0 Å².